The summed E-state index contributed by atoms with van der Waals surface area (Å²) >= 11 is 0. The molecule has 1 fully saturated rings. The van der Waals surface area contributed by atoms with Crippen molar-refractivity contribution in [2.75, 3.05) is 0 Å². The van der Waals surface area contributed by atoms with Crippen molar-refractivity contribution in [2.45, 2.75) is 25.6 Å². The first-order chi connectivity index (χ1) is 8.95. The Morgan fingerprint density at radius 1 is 1.32 bits per heavy atom. The number of benzene rings is 1. The molecule has 0 heterocycles. The maximum atomic E-state index is 13.0. The fourth-order valence-corrected chi connectivity index (χ4v) is 1.81. The molecule has 0 aromatic heterocycles. The molecule has 0 radical (unpaired) electrons. The highest BCUT2D eigenvalue weighted by Gasteiger charge is 2.36. The Morgan fingerprint density at radius 2 is 2.00 bits per heavy atom. The number of carboxylic acid groups (broad SMARTS) is 1. The van der Waals surface area contributed by atoms with E-state index >= 15 is 0 Å². The van der Waals surface area contributed by atoms with Crippen LogP contribution in [-0.2, 0) is 4.79 Å². The molecule has 4 nitrogen and oxygen atoms in total. The van der Waals surface area contributed by atoms with Gasteiger partial charge in [0, 0.05) is 6.07 Å². The van der Waals surface area contributed by atoms with Crippen molar-refractivity contribution in [1.82, 2.24) is 0 Å². The zero-order valence-electron chi connectivity index (χ0n) is 9.68. The van der Waals surface area contributed by atoms with Crippen LogP contribution < -0.4 is 9.47 Å². The van der Waals surface area contributed by atoms with E-state index in [4.69, 9.17) is 9.84 Å². The minimum Gasteiger partial charge on any atom is -0.486 e. The SMILES string of the molecule is O=C(O)C1CC(Oc2cc(F)ccc2OC(F)F)C1. The lowest BCUT2D eigenvalue weighted by molar-refractivity contribution is -0.148. The lowest BCUT2D eigenvalue weighted by Gasteiger charge is -2.32. The van der Waals surface area contributed by atoms with Gasteiger partial charge in [0.1, 0.15) is 11.9 Å². The van der Waals surface area contributed by atoms with Gasteiger partial charge in [0.25, 0.3) is 0 Å². The van der Waals surface area contributed by atoms with Crippen molar-refractivity contribution in [2.24, 2.45) is 5.92 Å². The van der Waals surface area contributed by atoms with Gasteiger partial charge in [0.2, 0.25) is 0 Å². The third kappa shape index (κ3) is 3.30. The predicted octanol–water partition coefficient (Wildman–Crippen LogP) is 2.67. The van der Waals surface area contributed by atoms with Gasteiger partial charge in [-0.3, -0.25) is 4.79 Å². The average molecular weight is 276 g/mol. The van der Waals surface area contributed by atoms with E-state index in [1.807, 2.05) is 0 Å². The molecule has 0 atom stereocenters. The number of ether oxygens (including phenoxy) is 2. The van der Waals surface area contributed by atoms with Gasteiger partial charge in [-0.05, 0) is 25.0 Å². The van der Waals surface area contributed by atoms with Gasteiger partial charge in [0.15, 0.2) is 11.5 Å². The lowest BCUT2D eigenvalue weighted by atomic mass is 9.82. The van der Waals surface area contributed by atoms with E-state index in [2.05, 4.69) is 4.74 Å². The fraction of sp³-hybridized carbons (Fsp3) is 0.417. The van der Waals surface area contributed by atoms with Gasteiger partial charge in [-0.15, -0.1) is 0 Å². The number of alkyl halides is 2. The van der Waals surface area contributed by atoms with Crippen LogP contribution in [0.5, 0.6) is 11.5 Å². The summed E-state index contributed by atoms with van der Waals surface area (Å²) in [5.41, 5.74) is 0. The van der Waals surface area contributed by atoms with E-state index in [1.54, 1.807) is 0 Å². The summed E-state index contributed by atoms with van der Waals surface area (Å²) in [5, 5.41) is 8.70. The second kappa shape index (κ2) is 5.38. The number of hydrogen-bond acceptors (Lipinski definition) is 3. The van der Waals surface area contributed by atoms with Crippen LogP contribution in [0, 0.1) is 11.7 Å². The smallest absolute Gasteiger partial charge is 0.387 e. The third-order valence-electron chi connectivity index (χ3n) is 2.86. The predicted molar refractivity (Wildman–Crippen MR) is 57.8 cm³/mol. The number of hydrogen-bond donors (Lipinski definition) is 1. The maximum absolute atomic E-state index is 13.0. The molecule has 0 aliphatic heterocycles. The first-order valence-corrected chi connectivity index (χ1v) is 5.59. The summed E-state index contributed by atoms with van der Waals surface area (Å²) in [5.74, 6) is -2.49. The van der Waals surface area contributed by atoms with E-state index in [1.165, 1.54) is 0 Å². The number of carbonyl (C=O) groups is 1. The Bertz CT molecular complexity index is 472. The molecular weight excluding hydrogens is 265 g/mol. The van der Waals surface area contributed by atoms with Crippen molar-refractivity contribution in [3.63, 3.8) is 0 Å². The minimum absolute atomic E-state index is 0.144. The van der Waals surface area contributed by atoms with Crippen LogP contribution in [0.3, 0.4) is 0 Å². The molecular formula is C12H11F3O4. The van der Waals surface area contributed by atoms with Crippen LogP contribution in [0.4, 0.5) is 13.2 Å². The Morgan fingerprint density at radius 3 is 2.58 bits per heavy atom. The van der Waals surface area contributed by atoms with Crippen LogP contribution in [0.25, 0.3) is 0 Å². The zero-order chi connectivity index (χ0) is 14.0. The van der Waals surface area contributed by atoms with Gasteiger partial charge in [-0.25, -0.2) is 4.39 Å². The third-order valence-corrected chi connectivity index (χ3v) is 2.86. The molecule has 19 heavy (non-hydrogen) atoms. The largest absolute Gasteiger partial charge is 0.486 e. The van der Waals surface area contributed by atoms with Gasteiger partial charge < -0.3 is 14.6 Å². The molecule has 1 aliphatic carbocycles. The number of halogens is 3. The van der Waals surface area contributed by atoms with E-state index in [0.29, 0.717) is 0 Å². The second-order valence-electron chi connectivity index (χ2n) is 4.22. The summed E-state index contributed by atoms with van der Waals surface area (Å²) in [6.45, 7) is -3.04. The standard InChI is InChI=1S/C12H11F3O4/c13-7-1-2-9(19-12(14)15)10(5-7)18-8-3-6(4-8)11(16)17/h1-2,5-6,8,12H,3-4H2,(H,16,17). The van der Waals surface area contributed by atoms with E-state index in [-0.39, 0.29) is 24.3 Å². The molecule has 1 N–H and O–H groups in total. The molecule has 1 aromatic carbocycles. The van der Waals surface area contributed by atoms with E-state index < -0.39 is 30.4 Å². The number of rotatable bonds is 5. The van der Waals surface area contributed by atoms with E-state index in [0.717, 1.165) is 18.2 Å². The molecule has 1 saturated carbocycles. The van der Waals surface area contributed by atoms with Crippen LogP contribution in [-0.4, -0.2) is 23.8 Å². The summed E-state index contributed by atoms with van der Waals surface area (Å²) in [6, 6.07) is 2.96. The molecule has 1 aromatic rings. The van der Waals surface area contributed by atoms with Crippen molar-refractivity contribution in [3.05, 3.63) is 24.0 Å². The molecule has 104 valence electrons. The molecule has 7 heteroatoms. The highest BCUT2D eigenvalue weighted by atomic mass is 19.3. The second-order valence-corrected chi connectivity index (χ2v) is 4.22. The van der Waals surface area contributed by atoms with Gasteiger partial charge >= 0.3 is 12.6 Å². The monoisotopic (exact) mass is 276 g/mol. The fourth-order valence-electron chi connectivity index (χ4n) is 1.81. The summed E-state index contributed by atoms with van der Waals surface area (Å²) in [6.07, 6.45) is 0.0999. The molecule has 0 saturated heterocycles. The quantitative estimate of drug-likeness (QED) is 0.898. The highest BCUT2D eigenvalue weighted by molar-refractivity contribution is 5.71. The molecule has 0 amide bonds. The summed E-state index contributed by atoms with van der Waals surface area (Å²) in [4.78, 5) is 10.6. The van der Waals surface area contributed by atoms with Crippen molar-refractivity contribution < 1.29 is 32.5 Å². The van der Waals surface area contributed by atoms with Gasteiger partial charge in [-0.2, -0.15) is 8.78 Å². The van der Waals surface area contributed by atoms with Crippen LogP contribution >= 0.6 is 0 Å². The van der Waals surface area contributed by atoms with Crippen LogP contribution in [0.1, 0.15) is 12.8 Å². The Kier molecular flexibility index (Phi) is 3.82. The molecule has 0 spiro atoms. The summed E-state index contributed by atoms with van der Waals surface area (Å²) < 4.78 is 46.8. The zero-order valence-corrected chi connectivity index (χ0v) is 9.68. The normalized spacial score (nSPS) is 21.9. The first kappa shape index (κ1) is 13.5. The average Bonchev–Trinajstić information content (AvgIpc) is 2.25. The summed E-state index contributed by atoms with van der Waals surface area (Å²) in [7, 11) is 0. The van der Waals surface area contributed by atoms with E-state index in [9.17, 15) is 18.0 Å². The number of aliphatic carboxylic acids is 1. The molecule has 1 aliphatic rings. The highest BCUT2D eigenvalue weighted by Crippen LogP contribution is 2.36. The lowest BCUT2D eigenvalue weighted by Crippen LogP contribution is -2.38. The molecule has 0 bridgehead atoms. The van der Waals surface area contributed by atoms with Crippen molar-refractivity contribution >= 4 is 5.97 Å². The van der Waals surface area contributed by atoms with Gasteiger partial charge in [-0.1, -0.05) is 0 Å². The Balaban J connectivity index is 2.03. The van der Waals surface area contributed by atoms with Crippen LogP contribution in [0.2, 0.25) is 0 Å². The van der Waals surface area contributed by atoms with Crippen molar-refractivity contribution in [3.8, 4) is 11.5 Å². The molecule has 0 unspecified atom stereocenters. The Hall–Kier alpha value is -1.92. The Labute approximate surface area is 106 Å². The topological polar surface area (TPSA) is 55.8 Å². The minimum atomic E-state index is -3.04. The maximum Gasteiger partial charge on any atom is 0.387 e. The van der Waals surface area contributed by atoms with Gasteiger partial charge in [0.05, 0.1) is 5.92 Å². The molecule has 2 rings (SSSR count). The van der Waals surface area contributed by atoms with Crippen molar-refractivity contribution in [1.29, 1.82) is 0 Å². The van der Waals surface area contributed by atoms with Crippen LogP contribution in [0.15, 0.2) is 18.2 Å². The first-order valence-electron chi connectivity index (χ1n) is 5.59. The number of carboxylic acids is 1.